The zero-order valence-electron chi connectivity index (χ0n) is 12.6. The molecular weight excluding hydrogens is 265 g/mol. The lowest BCUT2D eigenvalue weighted by atomic mass is 9.82. The number of halogens is 2. The molecule has 1 rings (SSSR count). The maximum absolute atomic E-state index is 13.9. The Morgan fingerprint density at radius 2 is 1.75 bits per heavy atom. The Labute approximate surface area is 119 Å². The Hall–Kier alpha value is -1.14. The minimum atomic E-state index is -1.10. The highest BCUT2D eigenvalue weighted by Gasteiger charge is 2.36. The molecule has 0 aromatic heterocycles. The third kappa shape index (κ3) is 3.70. The van der Waals surface area contributed by atoms with Crippen LogP contribution in [0.1, 0.15) is 34.6 Å². The Morgan fingerprint density at radius 3 is 2.25 bits per heavy atom. The van der Waals surface area contributed by atoms with E-state index in [2.05, 4.69) is 0 Å². The molecule has 0 atom stereocenters. The van der Waals surface area contributed by atoms with E-state index in [1.54, 1.807) is 34.6 Å². The van der Waals surface area contributed by atoms with E-state index in [0.717, 1.165) is 0 Å². The molecule has 1 N–H and O–H groups in total. The number of ether oxygens (including phenoxy) is 1. The maximum Gasteiger partial charge on any atom is 0.312 e. The zero-order chi connectivity index (χ0) is 15.6. The zero-order valence-corrected chi connectivity index (χ0v) is 12.6. The van der Waals surface area contributed by atoms with Crippen LogP contribution in [-0.2, 0) is 4.65 Å². The molecule has 0 radical (unpaired) electrons. The van der Waals surface area contributed by atoms with E-state index in [1.165, 1.54) is 12.1 Å². The van der Waals surface area contributed by atoms with E-state index >= 15 is 0 Å². The monoisotopic (exact) mass is 286 g/mol. The molecule has 1 aromatic carbocycles. The van der Waals surface area contributed by atoms with Crippen molar-refractivity contribution in [3.8, 4) is 5.75 Å². The highest BCUT2D eigenvalue weighted by atomic mass is 19.2. The number of aliphatic hydroxyl groups is 1. The topological polar surface area (TPSA) is 38.7 Å². The normalized spacial score (nSPS) is 12.4. The summed E-state index contributed by atoms with van der Waals surface area (Å²) in [6, 6.07) is 2.79. The van der Waals surface area contributed by atoms with Crippen LogP contribution < -0.4 is 10.2 Å². The highest BCUT2D eigenvalue weighted by molar-refractivity contribution is 6.47. The molecule has 0 amide bonds. The summed E-state index contributed by atoms with van der Waals surface area (Å²) in [5.41, 5.74) is -1.91. The van der Waals surface area contributed by atoms with Crippen molar-refractivity contribution in [2.24, 2.45) is 0 Å². The first-order valence-electron chi connectivity index (χ1n) is 6.56. The van der Waals surface area contributed by atoms with E-state index in [9.17, 15) is 13.9 Å². The van der Waals surface area contributed by atoms with Gasteiger partial charge in [-0.1, -0.05) is 6.07 Å². The van der Waals surface area contributed by atoms with Gasteiger partial charge in [0.25, 0.3) is 0 Å². The van der Waals surface area contributed by atoms with Gasteiger partial charge in [0.1, 0.15) is 0 Å². The third-order valence-electron chi connectivity index (χ3n) is 3.49. The Morgan fingerprint density at radius 1 is 1.15 bits per heavy atom. The standard InChI is InChI=1S/C14H21BF2O3/c1-6-19-10-8-7-9(11(16)12(10)17)15-20-14(4,5)13(2,3)18/h7-8,15,18H,6H2,1-5H3. The molecule has 0 unspecified atom stereocenters. The molecular formula is C14H21BF2O3. The second-order valence-corrected chi connectivity index (χ2v) is 5.64. The van der Waals surface area contributed by atoms with Crippen molar-refractivity contribution in [1.29, 1.82) is 0 Å². The summed E-state index contributed by atoms with van der Waals surface area (Å²) in [7, 11) is -0.133. The molecule has 0 bridgehead atoms. The smallest absolute Gasteiger partial charge is 0.312 e. The molecule has 0 saturated heterocycles. The van der Waals surface area contributed by atoms with Gasteiger partial charge in [0.15, 0.2) is 17.4 Å². The van der Waals surface area contributed by atoms with Gasteiger partial charge in [0.2, 0.25) is 0 Å². The molecule has 1 aromatic rings. The molecule has 0 aliphatic carbocycles. The van der Waals surface area contributed by atoms with E-state index in [4.69, 9.17) is 9.39 Å². The lowest BCUT2D eigenvalue weighted by Gasteiger charge is -2.37. The minimum absolute atomic E-state index is 0.0864. The summed E-state index contributed by atoms with van der Waals surface area (Å²) < 4.78 is 38.1. The Balaban J connectivity index is 2.87. The number of benzene rings is 1. The van der Waals surface area contributed by atoms with Crippen molar-refractivity contribution in [2.75, 3.05) is 6.61 Å². The van der Waals surface area contributed by atoms with Gasteiger partial charge in [-0.15, -0.1) is 0 Å². The molecule has 0 spiro atoms. The van der Waals surface area contributed by atoms with Crippen LogP contribution >= 0.6 is 0 Å². The predicted molar refractivity (Wildman–Crippen MR) is 75.8 cm³/mol. The average Bonchev–Trinajstić information content (AvgIpc) is 2.33. The van der Waals surface area contributed by atoms with Crippen LogP contribution in [-0.4, -0.2) is 30.4 Å². The van der Waals surface area contributed by atoms with Gasteiger partial charge in [-0.05, 0) is 46.1 Å². The summed E-state index contributed by atoms with van der Waals surface area (Å²) in [5.74, 6) is -2.12. The van der Waals surface area contributed by atoms with Gasteiger partial charge in [-0.25, -0.2) is 4.39 Å². The summed E-state index contributed by atoms with van der Waals surface area (Å²) in [6.07, 6.45) is 0. The van der Waals surface area contributed by atoms with Crippen molar-refractivity contribution < 1.29 is 23.3 Å². The molecule has 0 saturated carbocycles. The van der Waals surface area contributed by atoms with Crippen molar-refractivity contribution in [2.45, 2.75) is 45.8 Å². The number of hydrogen-bond donors (Lipinski definition) is 1. The molecule has 0 fully saturated rings. The van der Waals surface area contributed by atoms with Crippen LogP contribution in [0.25, 0.3) is 0 Å². The molecule has 6 heteroatoms. The van der Waals surface area contributed by atoms with Crippen molar-refractivity contribution >= 4 is 12.9 Å². The van der Waals surface area contributed by atoms with Gasteiger partial charge >= 0.3 is 7.48 Å². The molecule has 20 heavy (non-hydrogen) atoms. The van der Waals surface area contributed by atoms with Crippen LogP contribution in [0.4, 0.5) is 8.78 Å². The summed E-state index contributed by atoms with van der Waals surface area (Å²) in [6.45, 7) is 8.54. The van der Waals surface area contributed by atoms with Gasteiger partial charge in [0.05, 0.1) is 17.8 Å². The summed E-state index contributed by atoms with van der Waals surface area (Å²) >= 11 is 0. The SMILES string of the molecule is CCOc1ccc(BOC(C)(C)C(C)(C)O)c(F)c1F. The Bertz CT molecular complexity index is 470. The second kappa shape index (κ2) is 6.10. The van der Waals surface area contributed by atoms with Gasteiger partial charge in [-0.2, -0.15) is 4.39 Å². The van der Waals surface area contributed by atoms with Crippen LogP contribution in [0.15, 0.2) is 12.1 Å². The fourth-order valence-electron chi connectivity index (χ4n) is 1.38. The minimum Gasteiger partial charge on any atom is -0.491 e. The van der Waals surface area contributed by atoms with Crippen LogP contribution in [0, 0.1) is 11.6 Å². The highest BCUT2D eigenvalue weighted by Crippen LogP contribution is 2.24. The lowest BCUT2D eigenvalue weighted by molar-refractivity contribution is -0.0893. The number of hydrogen-bond acceptors (Lipinski definition) is 3. The van der Waals surface area contributed by atoms with Gasteiger partial charge in [-0.3, -0.25) is 0 Å². The quantitative estimate of drug-likeness (QED) is 0.812. The van der Waals surface area contributed by atoms with E-state index < -0.39 is 22.8 Å². The van der Waals surface area contributed by atoms with Gasteiger partial charge < -0.3 is 14.5 Å². The van der Waals surface area contributed by atoms with Gasteiger partial charge in [0, 0.05) is 0 Å². The van der Waals surface area contributed by atoms with E-state index in [1.807, 2.05) is 0 Å². The maximum atomic E-state index is 13.9. The van der Waals surface area contributed by atoms with E-state index in [-0.39, 0.29) is 25.3 Å². The lowest BCUT2D eigenvalue weighted by Crippen LogP contribution is -2.49. The fourth-order valence-corrected chi connectivity index (χ4v) is 1.38. The van der Waals surface area contributed by atoms with Crippen molar-refractivity contribution in [1.82, 2.24) is 0 Å². The van der Waals surface area contributed by atoms with Crippen LogP contribution in [0.3, 0.4) is 0 Å². The first-order chi connectivity index (χ1) is 9.10. The summed E-state index contributed by atoms with van der Waals surface area (Å²) in [4.78, 5) is 0. The number of rotatable bonds is 6. The van der Waals surface area contributed by atoms with Crippen LogP contribution in [0.5, 0.6) is 5.75 Å². The molecule has 0 heterocycles. The molecule has 112 valence electrons. The Kier molecular flexibility index (Phi) is 5.16. The molecule has 3 nitrogen and oxygen atoms in total. The first-order valence-corrected chi connectivity index (χ1v) is 6.56. The van der Waals surface area contributed by atoms with Crippen LogP contribution in [0.2, 0.25) is 0 Å². The second-order valence-electron chi connectivity index (χ2n) is 5.64. The van der Waals surface area contributed by atoms with E-state index in [0.29, 0.717) is 0 Å². The molecule has 0 aliphatic heterocycles. The van der Waals surface area contributed by atoms with Crippen molar-refractivity contribution in [3.63, 3.8) is 0 Å². The average molecular weight is 286 g/mol. The first kappa shape index (κ1) is 16.9. The van der Waals surface area contributed by atoms with Crippen molar-refractivity contribution in [3.05, 3.63) is 23.8 Å². The molecule has 0 aliphatic rings. The third-order valence-corrected chi connectivity index (χ3v) is 3.49. The largest absolute Gasteiger partial charge is 0.491 e. The summed E-state index contributed by atoms with van der Waals surface area (Å²) in [5, 5.41) is 9.95. The predicted octanol–water partition coefficient (Wildman–Crippen LogP) is 1.91. The fraction of sp³-hybridized carbons (Fsp3) is 0.571.